The first-order valence-electron chi connectivity index (χ1n) is 22.9. The number of ether oxygens (including phenoxy) is 14. The van der Waals surface area contributed by atoms with E-state index in [9.17, 15) is 4.79 Å². The van der Waals surface area contributed by atoms with Gasteiger partial charge in [0.15, 0.2) is 0 Å². The van der Waals surface area contributed by atoms with E-state index in [-0.39, 0.29) is 6.09 Å². The number of amides is 1. The zero-order valence-corrected chi connectivity index (χ0v) is 39.2. The minimum absolute atomic E-state index is 0.365. The number of nitrogens with zero attached hydrogens (tertiary/aromatic N) is 1. The molecular formula is C46H85NO15. The molecule has 0 aliphatic carbocycles. The number of carbonyl (C=O) groups is 1. The van der Waals surface area contributed by atoms with Crippen LogP contribution in [0.4, 0.5) is 4.79 Å². The first kappa shape index (κ1) is 57.8. The fourth-order valence-electron chi connectivity index (χ4n) is 5.23. The fraction of sp³-hybridized carbons (Fsp3) is 0.848. The van der Waals surface area contributed by atoms with Crippen molar-refractivity contribution in [3.8, 4) is 5.75 Å². The highest BCUT2D eigenvalue weighted by Crippen LogP contribution is 2.15. The van der Waals surface area contributed by atoms with Crippen LogP contribution >= 0.6 is 0 Å². The zero-order valence-electron chi connectivity index (χ0n) is 39.2. The van der Waals surface area contributed by atoms with Crippen LogP contribution in [0.1, 0.15) is 71.8 Å². The van der Waals surface area contributed by atoms with Gasteiger partial charge < -0.3 is 71.2 Å². The molecule has 62 heavy (non-hydrogen) atoms. The third kappa shape index (κ3) is 41.8. The standard InChI is InChI=1S/C46H85NO15/c1-6-7-8-9-10-11-12-43-13-15-44(16-14-43)61-42-41-60-40-39-59-38-37-58-36-35-57-34-33-56-32-31-55-30-29-54-28-27-53-26-25-52-24-23-51-22-21-50-20-19-49-18-17-47(5)45(48)62-46(2,3)4/h13-16H,6-12,17-42H2,1-5H3. The highest BCUT2D eigenvalue weighted by Gasteiger charge is 2.19. The Bertz CT molecular complexity index is 1080. The monoisotopic (exact) mass is 892 g/mol. The van der Waals surface area contributed by atoms with Crippen molar-refractivity contribution in [1.29, 1.82) is 0 Å². The second-order valence-electron chi connectivity index (χ2n) is 15.3. The van der Waals surface area contributed by atoms with Gasteiger partial charge in [0.05, 0.1) is 159 Å². The lowest BCUT2D eigenvalue weighted by Crippen LogP contribution is -2.36. The van der Waals surface area contributed by atoms with Gasteiger partial charge in [-0.2, -0.15) is 0 Å². The number of carbonyl (C=O) groups excluding carboxylic acids is 1. The summed E-state index contributed by atoms with van der Waals surface area (Å²) in [6.45, 7) is 20.5. The van der Waals surface area contributed by atoms with Crippen molar-refractivity contribution in [3.05, 3.63) is 29.8 Å². The second kappa shape index (κ2) is 44.0. The van der Waals surface area contributed by atoms with Crippen molar-refractivity contribution in [2.45, 2.75) is 78.2 Å². The first-order valence-corrected chi connectivity index (χ1v) is 22.9. The lowest BCUT2D eigenvalue weighted by Gasteiger charge is -2.24. The third-order valence-electron chi connectivity index (χ3n) is 8.61. The molecule has 1 aromatic carbocycles. The van der Waals surface area contributed by atoms with E-state index in [4.69, 9.17) is 66.3 Å². The summed E-state index contributed by atoms with van der Waals surface area (Å²) in [5, 5.41) is 0. The molecule has 0 fully saturated rings. The van der Waals surface area contributed by atoms with Crippen molar-refractivity contribution >= 4 is 6.09 Å². The molecule has 16 nitrogen and oxygen atoms in total. The van der Waals surface area contributed by atoms with E-state index in [2.05, 4.69) is 19.1 Å². The Morgan fingerprint density at radius 2 is 0.742 bits per heavy atom. The molecule has 1 rings (SSSR count). The SMILES string of the molecule is CCCCCCCCc1ccc(OCCOCCOCCOCCOCCOCCOCCOCCOCCOCCOCCOCCOCCN(C)C(=O)OC(C)(C)C)cc1. The van der Waals surface area contributed by atoms with Gasteiger partial charge in [0.25, 0.3) is 0 Å². The van der Waals surface area contributed by atoms with Crippen molar-refractivity contribution in [2.24, 2.45) is 0 Å². The molecule has 16 heteroatoms. The van der Waals surface area contributed by atoms with Gasteiger partial charge in [-0.15, -0.1) is 0 Å². The van der Waals surface area contributed by atoms with Crippen molar-refractivity contribution in [2.75, 3.05) is 179 Å². The van der Waals surface area contributed by atoms with E-state index in [1.165, 1.54) is 49.0 Å². The Labute approximate surface area is 374 Å². The summed E-state index contributed by atoms with van der Waals surface area (Å²) >= 11 is 0. The van der Waals surface area contributed by atoms with Gasteiger partial charge in [0, 0.05) is 13.6 Å². The van der Waals surface area contributed by atoms with Crippen LogP contribution in [0.25, 0.3) is 0 Å². The van der Waals surface area contributed by atoms with E-state index in [0.717, 1.165) is 12.2 Å². The molecule has 0 bridgehead atoms. The molecule has 0 radical (unpaired) electrons. The molecule has 0 N–H and O–H groups in total. The molecule has 0 aliphatic rings. The van der Waals surface area contributed by atoms with Crippen LogP contribution < -0.4 is 4.74 Å². The van der Waals surface area contributed by atoms with Crippen LogP contribution in [0.5, 0.6) is 5.75 Å². The predicted molar refractivity (Wildman–Crippen MR) is 238 cm³/mol. The number of hydrogen-bond donors (Lipinski definition) is 0. The zero-order chi connectivity index (χ0) is 44.9. The van der Waals surface area contributed by atoms with Crippen LogP contribution in [0.2, 0.25) is 0 Å². The van der Waals surface area contributed by atoms with E-state index in [0.29, 0.717) is 172 Å². The average Bonchev–Trinajstić information content (AvgIpc) is 3.25. The molecular weight excluding hydrogens is 806 g/mol. The van der Waals surface area contributed by atoms with Gasteiger partial charge in [-0.3, -0.25) is 0 Å². The first-order chi connectivity index (χ1) is 30.3. The number of aryl methyl sites for hydroxylation is 1. The Kier molecular flexibility index (Phi) is 41.1. The predicted octanol–water partition coefficient (Wildman–Crippen LogP) is 6.03. The summed E-state index contributed by atoms with van der Waals surface area (Å²) in [5.41, 5.74) is 0.860. The third-order valence-corrected chi connectivity index (χ3v) is 8.61. The molecule has 0 aliphatic heterocycles. The van der Waals surface area contributed by atoms with Crippen LogP contribution in [-0.2, 0) is 68.0 Å². The normalized spacial score (nSPS) is 11.7. The summed E-state index contributed by atoms with van der Waals surface area (Å²) in [4.78, 5) is 13.4. The molecule has 0 saturated carbocycles. The molecule has 0 atom stereocenters. The summed E-state index contributed by atoms with van der Waals surface area (Å²) in [6, 6.07) is 8.43. The Morgan fingerprint density at radius 1 is 0.435 bits per heavy atom. The number of rotatable bonds is 47. The average molecular weight is 892 g/mol. The Morgan fingerprint density at radius 3 is 1.08 bits per heavy atom. The van der Waals surface area contributed by atoms with Gasteiger partial charge in [0.1, 0.15) is 18.0 Å². The summed E-state index contributed by atoms with van der Waals surface area (Å²) < 4.78 is 77.3. The van der Waals surface area contributed by atoms with E-state index in [1.54, 1.807) is 7.05 Å². The number of hydrogen-bond acceptors (Lipinski definition) is 15. The lowest BCUT2D eigenvalue weighted by atomic mass is 10.0. The molecule has 0 spiro atoms. The number of unbranched alkanes of at least 4 members (excludes halogenated alkanes) is 5. The van der Waals surface area contributed by atoms with Crippen molar-refractivity contribution in [1.82, 2.24) is 4.90 Å². The van der Waals surface area contributed by atoms with Gasteiger partial charge in [-0.05, 0) is 51.3 Å². The molecule has 364 valence electrons. The number of likely N-dealkylation sites (N-methyl/N-ethyl adjacent to an activating group) is 1. The molecule has 0 unspecified atom stereocenters. The van der Waals surface area contributed by atoms with Crippen molar-refractivity contribution in [3.63, 3.8) is 0 Å². The smallest absolute Gasteiger partial charge is 0.410 e. The topological polar surface area (TPSA) is 150 Å². The second-order valence-corrected chi connectivity index (χ2v) is 15.3. The number of benzene rings is 1. The maximum atomic E-state index is 11.9. The van der Waals surface area contributed by atoms with Crippen LogP contribution in [-0.4, -0.2) is 195 Å². The lowest BCUT2D eigenvalue weighted by molar-refractivity contribution is -0.0287. The van der Waals surface area contributed by atoms with E-state index >= 15 is 0 Å². The van der Waals surface area contributed by atoms with Gasteiger partial charge >= 0.3 is 6.09 Å². The minimum atomic E-state index is -0.513. The van der Waals surface area contributed by atoms with Crippen LogP contribution in [0.15, 0.2) is 24.3 Å². The van der Waals surface area contributed by atoms with E-state index in [1.807, 2.05) is 32.9 Å². The summed E-state index contributed by atoms with van der Waals surface area (Å²) in [6.07, 6.45) is 8.69. The fourth-order valence-corrected chi connectivity index (χ4v) is 5.23. The summed E-state index contributed by atoms with van der Waals surface area (Å²) in [5.74, 6) is 0.881. The van der Waals surface area contributed by atoms with Gasteiger partial charge in [-0.25, -0.2) is 4.79 Å². The summed E-state index contributed by atoms with van der Waals surface area (Å²) in [7, 11) is 1.68. The molecule has 0 saturated heterocycles. The molecule has 0 heterocycles. The van der Waals surface area contributed by atoms with Crippen molar-refractivity contribution < 1.29 is 71.1 Å². The van der Waals surface area contributed by atoms with Gasteiger partial charge in [0.2, 0.25) is 0 Å². The van der Waals surface area contributed by atoms with Crippen LogP contribution in [0, 0.1) is 0 Å². The van der Waals surface area contributed by atoms with Crippen LogP contribution in [0.3, 0.4) is 0 Å². The molecule has 0 aromatic heterocycles. The Hall–Kier alpha value is -2.19. The largest absolute Gasteiger partial charge is 0.491 e. The maximum absolute atomic E-state index is 11.9. The maximum Gasteiger partial charge on any atom is 0.410 e. The molecule has 1 amide bonds. The Balaban J connectivity index is 1.67. The highest BCUT2D eigenvalue weighted by molar-refractivity contribution is 5.67. The molecule has 1 aromatic rings. The van der Waals surface area contributed by atoms with Gasteiger partial charge in [-0.1, -0.05) is 51.2 Å². The highest BCUT2D eigenvalue weighted by atomic mass is 16.6. The minimum Gasteiger partial charge on any atom is -0.491 e. The quantitative estimate of drug-likeness (QED) is 0.0701. The van der Waals surface area contributed by atoms with E-state index < -0.39 is 5.60 Å².